The summed E-state index contributed by atoms with van der Waals surface area (Å²) >= 11 is 11.8. The van der Waals surface area contributed by atoms with Crippen LogP contribution < -0.4 is 10.6 Å². The van der Waals surface area contributed by atoms with Gasteiger partial charge in [-0.15, -0.1) is 0 Å². The smallest absolute Gasteiger partial charge is 0.222 e. The normalized spacial score (nSPS) is 10.7. The molecule has 0 unspecified atom stereocenters. The Labute approximate surface area is 118 Å². The fourth-order valence-corrected chi connectivity index (χ4v) is 2.00. The monoisotopic (exact) mass is 288 g/mol. The zero-order valence-corrected chi connectivity index (χ0v) is 12.1. The highest BCUT2D eigenvalue weighted by Gasteiger charge is 2.04. The van der Waals surface area contributed by atoms with E-state index in [1.165, 1.54) is 0 Å². The average Bonchev–Trinajstić information content (AvgIpc) is 2.26. The minimum atomic E-state index is 0.0248. The van der Waals surface area contributed by atoms with Crippen molar-refractivity contribution in [3.05, 3.63) is 33.8 Å². The molecule has 0 radical (unpaired) electrons. The predicted molar refractivity (Wildman–Crippen MR) is 76.0 cm³/mol. The molecular weight excluding hydrogens is 271 g/mol. The van der Waals surface area contributed by atoms with Gasteiger partial charge in [-0.1, -0.05) is 37.0 Å². The number of benzene rings is 1. The number of hydrogen-bond donors (Lipinski definition) is 2. The molecule has 1 rings (SSSR count). The molecule has 0 fully saturated rings. The summed E-state index contributed by atoms with van der Waals surface area (Å²) in [5, 5.41) is 7.32. The van der Waals surface area contributed by atoms with Crippen molar-refractivity contribution in [1.82, 2.24) is 10.6 Å². The molecule has 1 aromatic carbocycles. The Bertz CT molecular complexity index is 388. The minimum absolute atomic E-state index is 0.0248. The SMILES string of the molecule is CC(C)C(=O)NCCNCc1cc(Cl)cc(Cl)c1. The van der Waals surface area contributed by atoms with E-state index in [0.717, 1.165) is 5.56 Å². The van der Waals surface area contributed by atoms with Crippen LogP contribution >= 0.6 is 23.2 Å². The molecule has 0 spiro atoms. The second-order valence-electron chi connectivity index (χ2n) is 4.40. The minimum Gasteiger partial charge on any atom is -0.355 e. The van der Waals surface area contributed by atoms with Crippen LogP contribution in [0.15, 0.2) is 18.2 Å². The van der Waals surface area contributed by atoms with Crippen LogP contribution in [0.2, 0.25) is 10.0 Å². The standard InChI is InChI=1S/C13H18Cl2N2O/c1-9(2)13(18)17-4-3-16-8-10-5-11(14)7-12(15)6-10/h5-7,9,16H,3-4,8H2,1-2H3,(H,17,18). The molecule has 100 valence electrons. The third kappa shape index (κ3) is 5.71. The van der Waals surface area contributed by atoms with E-state index in [0.29, 0.717) is 29.7 Å². The first kappa shape index (κ1) is 15.3. The van der Waals surface area contributed by atoms with Gasteiger partial charge in [0.15, 0.2) is 0 Å². The van der Waals surface area contributed by atoms with Crippen LogP contribution in [0.25, 0.3) is 0 Å². The van der Waals surface area contributed by atoms with Crippen molar-refractivity contribution in [2.24, 2.45) is 5.92 Å². The van der Waals surface area contributed by atoms with Crippen molar-refractivity contribution in [2.75, 3.05) is 13.1 Å². The Kier molecular flexibility index (Phi) is 6.47. The number of hydrogen-bond acceptors (Lipinski definition) is 2. The molecule has 18 heavy (non-hydrogen) atoms. The molecule has 0 heterocycles. The van der Waals surface area contributed by atoms with Crippen molar-refractivity contribution < 1.29 is 4.79 Å². The molecule has 1 amide bonds. The summed E-state index contributed by atoms with van der Waals surface area (Å²) in [6, 6.07) is 5.44. The lowest BCUT2D eigenvalue weighted by atomic mass is 10.2. The molecule has 5 heteroatoms. The van der Waals surface area contributed by atoms with Crippen LogP contribution in [0.1, 0.15) is 19.4 Å². The Morgan fingerprint density at radius 2 is 1.78 bits per heavy atom. The maximum absolute atomic E-state index is 11.3. The quantitative estimate of drug-likeness (QED) is 0.791. The van der Waals surface area contributed by atoms with Crippen molar-refractivity contribution >= 4 is 29.1 Å². The highest BCUT2D eigenvalue weighted by Crippen LogP contribution is 2.18. The van der Waals surface area contributed by atoms with Crippen molar-refractivity contribution in [1.29, 1.82) is 0 Å². The Balaban J connectivity index is 2.24. The van der Waals surface area contributed by atoms with Crippen molar-refractivity contribution in [2.45, 2.75) is 20.4 Å². The number of amides is 1. The van der Waals surface area contributed by atoms with E-state index >= 15 is 0 Å². The topological polar surface area (TPSA) is 41.1 Å². The summed E-state index contributed by atoms with van der Waals surface area (Å²) in [6.45, 7) is 5.75. The van der Waals surface area contributed by atoms with Gasteiger partial charge in [0, 0.05) is 35.6 Å². The average molecular weight is 289 g/mol. The molecule has 0 atom stereocenters. The van der Waals surface area contributed by atoms with Crippen LogP contribution in [0.5, 0.6) is 0 Å². The van der Waals surface area contributed by atoms with Crippen LogP contribution in [0.4, 0.5) is 0 Å². The lowest BCUT2D eigenvalue weighted by Gasteiger charge is -2.09. The first-order valence-electron chi connectivity index (χ1n) is 5.92. The maximum atomic E-state index is 11.3. The highest BCUT2D eigenvalue weighted by molar-refractivity contribution is 6.34. The zero-order chi connectivity index (χ0) is 13.5. The van der Waals surface area contributed by atoms with Gasteiger partial charge in [0.1, 0.15) is 0 Å². The molecule has 0 aliphatic carbocycles. The highest BCUT2D eigenvalue weighted by atomic mass is 35.5. The Morgan fingerprint density at radius 1 is 1.17 bits per heavy atom. The number of halogens is 2. The molecule has 0 saturated heterocycles. The van der Waals surface area contributed by atoms with Gasteiger partial charge in [-0.25, -0.2) is 0 Å². The molecule has 2 N–H and O–H groups in total. The summed E-state index contributed by atoms with van der Waals surface area (Å²) in [7, 11) is 0. The van der Waals surface area contributed by atoms with E-state index < -0.39 is 0 Å². The molecule has 0 bridgehead atoms. The first-order valence-corrected chi connectivity index (χ1v) is 6.68. The lowest BCUT2D eigenvalue weighted by molar-refractivity contribution is -0.123. The van der Waals surface area contributed by atoms with Gasteiger partial charge < -0.3 is 10.6 Å². The summed E-state index contributed by atoms with van der Waals surface area (Å²) < 4.78 is 0. The summed E-state index contributed by atoms with van der Waals surface area (Å²) in [5.74, 6) is 0.0966. The summed E-state index contributed by atoms with van der Waals surface area (Å²) in [4.78, 5) is 11.3. The summed E-state index contributed by atoms with van der Waals surface area (Å²) in [6.07, 6.45) is 0. The van der Waals surface area contributed by atoms with Gasteiger partial charge >= 0.3 is 0 Å². The van der Waals surface area contributed by atoms with E-state index in [1.54, 1.807) is 6.07 Å². The molecule has 3 nitrogen and oxygen atoms in total. The fraction of sp³-hybridized carbons (Fsp3) is 0.462. The lowest BCUT2D eigenvalue weighted by Crippen LogP contribution is -2.34. The summed E-state index contributed by atoms with van der Waals surface area (Å²) in [5.41, 5.74) is 1.03. The van der Waals surface area contributed by atoms with Gasteiger partial charge in [-0.05, 0) is 23.8 Å². The van der Waals surface area contributed by atoms with Crippen molar-refractivity contribution in [3.63, 3.8) is 0 Å². The Hall–Kier alpha value is -0.770. The fourth-order valence-electron chi connectivity index (χ4n) is 1.42. The van der Waals surface area contributed by atoms with E-state index in [4.69, 9.17) is 23.2 Å². The molecule has 0 aliphatic rings. The van der Waals surface area contributed by atoms with E-state index in [1.807, 2.05) is 26.0 Å². The second-order valence-corrected chi connectivity index (χ2v) is 5.27. The first-order chi connectivity index (χ1) is 8.49. The van der Waals surface area contributed by atoms with Gasteiger partial charge in [-0.2, -0.15) is 0 Å². The number of nitrogens with one attached hydrogen (secondary N) is 2. The number of carbonyl (C=O) groups excluding carboxylic acids is 1. The third-order valence-corrected chi connectivity index (χ3v) is 2.81. The largest absolute Gasteiger partial charge is 0.355 e. The number of rotatable bonds is 6. The molecular formula is C13H18Cl2N2O. The predicted octanol–water partition coefficient (Wildman–Crippen LogP) is 2.86. The maximum Gasteiger partial charge on any atom is 0.222 e. The third-order valence-electron chi connectivity index (χ3n) is 2.38. The van der Waals surface area contributed by atoms with Crippen LogP contribution in [-0.2, 0) is 11.3 Å². The van der Waals surface area contributed by atoms with E-state index in [-0.39, 0.29) is 11.8 Å². The van der Waals surface area contributed by atoms with Gasteiger partial charge in [0.2, 0.25) is 5.91 Å². The van der Waals surface area contributed by atoms with E-state index in [2.05, 4.69) is 10.6 Å². The van der Waals surface area contributed by atoms with Gasteiger partial charge in [0.05, 0.1) is 0 Å². The van der Waals surface area contributed by atoms with Gasteiger partial charge in [-0.3, -0.25) is 4.79 Å². The molecule has 0 saturated carbocycles. The molecule has 0 aliphatic heterocycles. The van der Waals surface area contributed by atoms with Crippen molar-refractivity contribution in [3.8, 4) is 0 Å². The molecule has 1 aromatic rings. The van der Waals surface area contributed by atoms with Crippen LogP contribution in [0, 0.1) is 5.92 Å². The second kappa shape index (κ2) is 7.62. The van der Waals surface area contributed by atoms with E-state index in [9.17, 15) is 4.79 Å². The van der Waals surface area contributed by atoms with Crippen LogP contribution in [0.3, 0.4) is 0 Å². The molecule has 0 aromatic heterocycles. The number of carbonyl (C=O) groups is 1. The Morgan fingerprint density at radius 3 is 2.33 bits per heavy atom. The zero-order valence-electron chi connectivity index (χ0n) is 10.6. The van der Waals surface area contributed by atoms with Gasteiger partial charge in [0.25, 0.3) is 0 Å². The van der Waals surface area contributed by atoms with Crippen LogP contribution in [-0.4, -0.2) is 19.0 Å².